The van der Waals surface area contributed by atoms with E-state index in [9.17, 15) is 0 Å². The van der Waals surface area contributed by atoms with E-state index < -0.39 is 0 Å². The quantitative estimate of drug-likeness (QED) is 0.819. The fourth-order valence-corrected chi connectivity index (χ4v) is 1.17. The van der Waals surface area contributed by atoms with Crippen LogP contribution in [0.2, 0.25) is 5.02 Å². The third kappa shape index (κ3) is 2.35. The molecule has 0 aliphatic rings. The van der Waals surface area contributed by atoms with Crippen LogP contribution in [0.4, 0.5) is 11.8 Å². The molecule has 0 aromatic carbocycles. The second kappa shape index (κ2) is 4.14. The number of anilines is 2. The maximum atomic E-state index is 5.85. The van der Waals surface area contributed by atoms with E-state index >= 15 is 0 Å². The van der Waals surface area contributed by atoms with E-state index in [1.807, 2.05) is 0 Å². The summed E-state index contributed by atoms with van der Waals surface area (Å²) in [5, 5.41) is 7.11. The number of hydrogen-bond donors (Lipinski definition) is 2. The Morgan fingerprint density at radius 3 is 3.13 bits per heavy atom. The molecule has 0 bridgehead atoms. The molecule has 7 heteroatoms. The monoisotopic (exact) mass is 225 g/mol. The van der Waals surface area contributed by atoms with Gasteiger partial charge in [-0.15, -0.1) is 0 Å². The normalized spacial score (nSPS) is 10.2. The van der Waals surface area contributed by atoms with Gasteiger partial charge in [0.1, 0.15) is 17.0 Å². The van der Waals surface area contributed by atoms with Crippen LogP contribution in [0, 0.1) is 0 Å². The molecule has 0 saturated heterocycles. The van der Waals surface area contributed by atoms with Crippen molar-refractivity contribution in [2.24, 2.45) is 0 Å². The van der Waals surface area contributed by atoms with E-state index in [1.54, 1.807) is 6.07 Å². The fourth-order valence-electron chi connectivity index (χ4n) is 1.01. The van der Waals surface area contributed by atoms with E-state index in [-0.39, 0.29) is 5.95 Å². The van der Waals surface area contributed by atoms with Crippen molar-refractivity contribution in [1.29, 1.82) is 0 Å². The van der Waals surface area contributed by atoms with Crippen molar-refractivity contribution in [3.8, 4) is 0 Å². The summed E-state index contributed by atoms with van der Waals surface area (Å²) in [6.45, 7) is 0.465. The summed E-state index contributed by atoms with van der Waals surface area (Å²) in [5.41, 5.74) is 6.17. The smallest absolute Gasteiger partial charge is 0.222 e. The van der Waals surface area contributed by atoms with Gasteiger partial charge in [-0.25, -0.2) is 4.98 Å². The first-order chi connectivity index (χ1) is 7.25. The van der Waals surface area contributed by atoms with E-state index in [0.29, 0.717) is 17.4 Å². The van der Waals surface area contributed by atoms with Crippen LogP contribution in [0.15, 0.2) is 23.0 Å². The maximum absolute atomic E-state index is 5.85. The Morgan fingerprint density at radius 2 is 2.40 bits per heavy atom. The highest BCUT2D eigenvalue weighted by molar-refractivity contribution is 6.32. The number of nitrogens with two attached hydrogens (primary N) is 1. The number of rotatable bonds is 3. The highest BCUT2D eigenvalue weighted by Crippen LogP contribution is 2.18. The minimum Gasteiger partial charge on any atom is -0.368 e. The van der Waals surface area contributed by atoms with Crippen LogP contribution in [0.1, 0.15) is 5.69 Å². The van der Waals surface area contributed by atoms with E-state index in [2.05, 4.69) is 25.0 Å². The van der Waals surface area contributed by atoms with E-state index in [0.717, 1.165) is 5.69 Å². The van der Waals surface area contributed by atoms with Gasteiger partial charge in [0.2, 0.25) is 5.95 Å². The number of nitrogens with one attached hydrogen (secondary N) is 1. The number of aromatic nitrogens is 3. The van der Waals surface area contributed by atoms with Gasteiger partial charge in [0.15, 0.2) is 5.82 Å². The number of hydrogen-bond acceptors (Lipinski definition) is 6. The predicted octanol–water partition coefficient (Wildman–Crippen LogP) is 1.31. The number of halogens is 1. The summed E-state index contributed by atoms with van der Waals surface area (Å²) in [4.78, 5) is 7.68. The summed E-state index contributed by atoms with van der Waals surface area (Å²) >= 11 is 5.85. The Morgan fingerprint density at radius 1 is 1.53 bits per heavy atom. The largest absolute Gasteiger partial charge is 0.368 e. The Kier molecular flexibility index (Phi) is 2.68. The van der Waals surface area contributed by atoms with Crippen LogP contribution in [0.25, 0.3) is 0 Å². The second-order valence-electron chi connectivity index (χ2n) is 2.77. The zero-order valence-corrected chi connectivity index (χ0v) is 8.40. The maximum Gasteiger partial charge on any atom is 0.222 e. The molecule has 0 unspecified atom stereocenters. The van der Waals surface area contributed by atoms with Gasteiger partial charge in [-0.05, 0) is 0 Å². The lowest BCUT2D eigenvalue weighted by molar-refractivity contribution is 0.412. The molecule has 15 heavy (non-hydrogen) atoms. The minimum atomic E-state index is 0.169. The molecule has 0 radical (unpaired) electrons. The molecule has 2 rings (SSSR count). The SMILES string of the molecule is Nc1ncc(Cl)c(NCc2ccon2)n1. The molecule has 3 N–H and O–H groups in total. The van der Waals surface area contributed by atoms with Crippen molar-refractivity contribution in [3.63, 3.8) is 0 Å². The Hall–Kier alpha value is -1.82. The lowest BCUT2D eigenvalue weighted by Crippen LogP contribution is -2.04. The average molecular weight is 226 g/mol. The molecule has 0 atom stereocenters. The van der Waals surface area contributed by atoms with Crippen molar-refractivity contribution >= 4 is 23.4 Å². The van der Waals surface area contributed by atoms with Gasteiger partial charge in [-0.1, -0.05) is 16.8 Å². The van der Waals surface area contributed by atoms with Crippen LogP contribution >= 0.6 is 11.6 Å². The first-order valence-electron chi connectivity index (χ1n) is 4.17. The summed E-state index contributed by atoms with van der Waals surface area (Å²) < 4.78 is 4.68. The third-order valence-corrected chi connectivity index (χ3v) is 1.97. The summed E-state index contributed by atoms with van der Waals surface area (Å²) in [7, 11) is 0. The highest BCUT2D eigenvalue weighted by Gasteiger charge is 2.04. The van der Waals surface area contributed by atoms with Gasteiger partial charge in [-0.3, -0.25) is 0 Å². The standard InChI is InChI=1S/C8H8ClN5O/c9-6-4-12-8(10)13-7(6)11-3-5-1-2-15-14-5/h1-2,4H,3H2,(H3,10,11,12,13). The molecular formula is C8H8ClN5O. The molecule has 0 fully saturated rings. The van der Waals surface area contributed by atoms with Crippen molar-refractivity contribution in [2.45, 2.75) is 6.54 Å². The van der Waals surface area contributed by atoms with Crippen LogP contribution in [-0.2, 0) is 6.54 Å². The lowest BCUT2D eigenvalue weighted by atomic mass is 10.4. The summed E-state index contributed by atoms with van der Waals surface area (Å²) in [5.74, 6) is 0.647. The molecule has 2 heterocycles. The van der Waals surface area contributed by atoms with Gasteiger partial charge in [0.05, 0.1) is 12.7 Å². The molecule has 0 spiro atoms. The zero-order valence-electron chi connectivity index (χ0n) is 7.64. The molecular weight excluding hydrogens is 218 g/mol. The Bertz CT molecular complexity index is 444. The van der Waals surface area contributed by atoms with Gasteiger partial charge < -0.3 is 15.6 Å². The number of nitrogens with zero attached hydrogens (tertiary/aromatic N) is 3. The fraction of sp³-hybridized carbons (Fsp3) is 0.125. The van der Waals surface area contributed by atoms with Crippen LogP contribution in [0.3, 0.4) is 0 Å². The summed E-state index contributed by atoms with van der Waals surface area (Å²) in [6, 6.07) is 1.74. The first-order valence-corrected chi connectivity index (χ1v) is 4.54. The molecule has 2 aromatic heterocycles. The zero-order chi connectivity index (χ0) is 10.7. The van der Waals surface area contributed by atoms with Crippen molar-refractivity contribution < 1.29 is 4.52 Å². The molecule has 0 aliphatic heterocycles. The molecule has 0 amide bonds. The first kappa shape index (κ1) is 9.72. The van der Waals surface area contributed by atoms with Crippen molar-refractivity contribution in [1.82, 2.24) is 15.1 Å². The summed E-state index contributed by atoms with van der Waals surface area (Å²) in [6.07, 6.45) is 2.93. The molecule has 6 nitrogen and oxygen atoms in total. The molecule has 0 saturated carbocycles. The third-order valence-electron chi connectivity index (χ3n) is 1.69. The Labute approximate surface area is 90.5 Å². The Balaban J connectivity index is 2.07. The minimum absolute atomic E-state index is 0.169. The van der Waals surface area contributed by atoms with Crippen molar-refractivity contribution in [3.05, 3.63) is 29.2 Å². The highest BCUT2D eigenvalue weighted by atomic mass is 35.5. The average Bonchev–Trinajstić information content (AvgIpc) is 2.72. The van der Waals surface area contributed by atoms with E-state index in [1.165, 1.54) is 12.5 Å². The lowest BCUT2D eigenvalue weighted by Gasteiger charge is -2.04. The van der Waals surface area contributed by atoms with Gasteiger partial charge >= 0.3 is 0 Å². The molecule has 78 valence electrons. The van der Waals surface area contributed by atoms with Crippen LogP contribution in [-0.4, -0.2) is 15.1 Å². The predicted molar refractivity (Wildman–Crippen MR) is 55.3 cm³/mol. The van der Waals surface area contributed by atoms with Gasteiger partial charge in [0.25, 0.3) is 0 Å². The number of nitrogen functional groups attached to an aromatic ring is 1. The molecule has 2 aromatic rings. The van der Waals surface area contributed by atoms with E-state index in [4.69, 9.17) is 17.3 Å². The van der Waals surface area contributed by atoms with Crippen LogP contribution in [0.5, 0.6) is 0 Å². The topological polar surface area (TPSA) is 89.9 Å². The van der Waals surface area contributed by atoms with Crippen molar-refractivity contribution in [2.75, 3.05) is 11.1 Å². The second-order valence-corrected chi connectivity index (χ2v) is 3.18. The molecule has 0 aliphatic carbocycles. The van der Waals surface area contributed by atoms with Crippen LogP contribution < -0.4 is 11.1 Å². The van der Waals surface area contributed by atoms with Gasteiger partial charge in [0, 0.05) is 6.07 Å². The van der Waals surface area contributed by atoms with Gasteiger partial charge in [-0.2, -0.15) is 4.98 Å².